The van der Waals surface area contributed by atoms with Gasteiger partial charge in [0.05, 0.1) is 35.9 Å². The molecule has 6 heteroatoms. The maximum absolute atomic E-state index is 11.2. The van der Waals surface area contributed by atoms with Crippen LogP contribution in [-0.4, -0.2) is 27.8 Å². The lowest BCUT2D eigenvalue weighted by molar-refractivity contribution is -0.114. The highest BCUT2D eigenvalue weighted by atomic mass is 16.5. The van der Waals surface area contributed by atoms with Gasteiger partial charge in [0.25, 0.3) is 0 Å². The Morgan fingerprint density at radius 1 is 1.40 bits per heavy atom. The van der Waals surface area contributed by atoms with E-state index in [9.17, 15) is 4.79 Å². The van der Waals surface area contributed by atoms with Crippen molar-refractivity contribution in [3.63, 3.8) is 0 Å². The molecule has 0 aliphatic carbocycles. The number of pyridine rings is 1. The minimum Gasteiger partial charge on any atom is -0.481 e. The number of anilines is 1. The Bertz CT molecular complexity index is 638. The molecule has 0 aromatic carbocycles. The Hall–Kier alpha value is -2.37. The van der Waals surface area contributed by atoms with E-state index in [2.05, 4.69) is 15.4 Å². The summed E-state index contributed by atoms with van der Waals surface area (Å²) in [7, 11) is 3.42. The summed E-state index contributed by atoms with van der Waals surface area (Å²) in [4.78, 5) is 15.7. The van der Waals surface area contributed by atoms with Gasteiger partial charge in [-0.05, 0) is 25.5 Å². The summed E-state index contributed by atoms with van der Waals surface area (Å²) in [5.41, 5.74) is 4.08. The van der Waals surface area contributed by atoms with Crippen LogP contribution in [0.2, 0.25) is 0 Å². The molecule has 0 spiro atoms. The van der Waals surface area contributed by atoms with Crippen molar-refractivity contribution in [1.29, 1.82) is 0 Å². The number of hydrogen-bond acceptors (Lipinski definition) is 4. The Morgan fingerprint density at radius 2 is 2.10 bits per heavy atom. The third-order valence-electron chi connectivity index (χ3n) is 3.05. The van der Waals surface area contributed by atoms with Crippen LogP contribution < -0.4 is 10.1 Å². The number of aromatic nitrogens is 3. The molecule has 0 aliphatic rings. The fourth-order valence-corrected chi connectivity index (χ4v) is 2.18. The standard InChI is InChI=1S/C14H18N4O2/c1-8-6-12(11-7-15-18(4)14(11)20-5)16-9(2)13(8)17-10(3)19/h6-7H,1-5H3,(H,17,19). The fraction of sp³-hybridized carbons (Fsp3) is 0.357. The molecule has 0 radical (unpaired) electrons. The maximum Gasteiger partial charge on any atom is 0.221 e. The Balaban J connectivity index is 2.52. The number of ether oxygens (including phenoxy) is 1. The second-order valence-electron chi connectivity index (χ2n) is 4.66. The lowest BCUT2D eigenvalue weighted by atomic mass is 10.1. The molecule has 0 fully saturated rings. The van der Waals surface area contributed by atoms with Gasteiger partial charge in [-0.2, -0.15) is 5.10 Å². The van der Waals surface area contributed by atoms with E-state index in [1.807, 2.05) is 27.0 Å². The zero-order chi connectivity index (χ0) is 14.9. The first-order valence-corrected chi connectivity index (χ1v) is 6.26. The summed E-state index contributed by atoms with van der Waals surface area (Å²) in [5, 5.41) is 6.98. The minimum absolute atomic E-state index is 0.107. The van der Waals surface area contributed by atoms with Gasteiger partial charge in [0, 0.05) is 14.0 Å². The second-order valence-corrected chi connectivity index (χ2v) is 4.66. The molecule has 6 nitrogen and oxygen atoms in total. The molecule has 20 heavy (non-hydrogen) atoms. The average Bonchev–Trinajstić information content (AvgIpc) is 2.74. The van der Waals surface area contributed by atoms with Crippen molar-refractivity contribution in [3.05, 3.63) is 23.5 Å². The topological polar surface area (TPSA) is 69.0 Å². The van der Waals surface area contributed by atoms with Crippen LogP contribution in [-0.2, 0) is 11.8 Å². The monoisotopic (exact) mass is 274 g/mol. The molecule has 1 amide bonds. The van der Waals surface area contributed by atoms with E-state index in [-0.39, 0.29) is 5.91 Å². The molecule has 106 valence electrons. The summed E-state index contributed by atoms with van der Waals surface area (Å²) >= 11 is 0. The number of aryl methyl sites for hydroxylation is 3. The number of hydrogen-bond donors (Lipinski definition) is 1. The van der Waals surface area contributed by atoms with Crippen molar-refractivity contribution in [2.75, 3.05) is 12.4 Å². The van der Waals surface area contributed by atoms with Crippen molar-refractivity contribution in [2.24, 2.45) is 7.05 Å². The molecule has 0 saturated carbocycles. The lowest BCUT2D eigenvalue weighted by Crippen LogP contribution is -2.10. The van der Waals surface area contributed by atoms with Crippen molar-refractivity contribution in [1.82, 2.24) is 14.8 Å². The smallest absolute Gasteiger partial charge is 0.221 e. The number of carbonyl (C=O) groups is 1. The van der Waals surface area contributed by atoms with Gasteiger partial charge < -0.3 is 10.1 Å². The molecule has 2 rings (SSSR count). The van der Waals surface area contributed by atoms with Crippen LogP contribution in [0, 0.1) is 13.8 Å². The number of amides is 1. The summed E-state index contributed by atoms with van der Waals surface area (Å²) in [6.07, 6.45) is 1.72. The maximum atomic E-state index is 11.2. The molecule has 2 aromatic heterocycles. The first kappa shape index (κ1) is 14.0. The van der Waals surface area contributed by atoms with Crippen molar-refractivity contribution >= 4 is 11.6 Å². The van der Waals surface area contributed by atoms with Crippen LogP contribution in [0.4, 0.5) is 5.69 Å². The van der Waals surface area contributed by atoms with Crippen LogP contribution in [0.3, 0.4) is 0 Å². The van der Waals surface area contributed by atoms with E-state index in [1.54, 1.807) is 18.0 Å². The lowest BCUT2D eigenvalue weighted by Gasteiger charge is -2.12. The number of nitrogens with zero attached hydrogens (tertiary/aromatic N) is 3. The SMILES string of the molecule is COc1c(-c2cc(C)c(NC(C)=O)c(C)n2)cnn1C. The van der Waals surface area contributed by atoms with Crippen molar-refractivity contribution in [3.8, 4) is 17.1 Å². The predicted octanol–water partition coefficient (Wildman–Crippen LogP) is 2.07. The van der Waals surface area contributed by atoms with Crippen LogP contribution in [0.1, 0.15) is 18.2 Å². The fourth-order valence-electron chi connectivity index (χ4n) is 2.18. The zero-order valence-electron chi connectivity index (χ0n) is 12.3. The predicted molar refractivity (Wildman–Crippen MR) is 76.8 cm³/mol. The van der Waals surface area contributed by atoms with Gasteiger partial charge in [-0.15, -0.1) is 0 Å². The van der Waals surface area contributed by atoms with E-state index < -0.39 is 0 Å². The molecule has 0 saturated heterocycles. The minimum atomic E-state index is -0.107. The Kier molecular flexibility index (Phi) is 3.74. The Morgan fingerprint density at radius 3 is 2.65 bits per heavy atom. The van der Waals surface area contributed by atoms with Crippen LogP contribution in [0.15, 0.2) is 12.3 Å². The highest BCUT2D eigenvalue weighted by molar-refractivity contribution is 5.90. The van der Waals surface area contributed by atoms with E-state index in [4.69, 9.17) is 4.74 Å². The van der Waals surface area contributed by atoms with Crippen LogP contribution in [0.5, 0.6) is 5.88 Å². The number of nitrogens with one attached hydrogen (secondary N) is 1. The van der Waals surface area contributed by atoms with Crippen molar-refractivity contribution < 1.29 is 9.53 Å². The van der Waals surface area contributed by atoms with Crippen LogP contribution in [0.25, 0.3) is 11.3 Å². The van der Waals surface area contributed by atoms with Gasteiger partial charge in [0.2, 0.25) is 11.8 Å². The third-order valence-corrected chi connectivity index (χ3v) is 3.05. The summed E-state index contributed by atoms with van der Waals surface area (Å²) in [6, 6.07) is 1.91. The zero-order valence-corrected chi connectivity index (χ0v) is 12.3. The molecule has 2 heterocycles. The van der Waals surface area contributed by atoms with Crippen molar-refractivity contribution in [2.45, 2.75) is 20.8 Å². The summed E-state index contributed by atoms with van der Waals surface area (Å²) in [6.45, 7) is 5.29. The largest absolute Gasteiger partial charge is 0.481 e. The molecule has 0 unspecified atom stereocenters. The Labute approximate surface area is 117 Å². The molecular formula is C14H18N4O2. The second kappa shape index (κ2) is 5.32. The van der Waals surface area contributed by atoms with Gasteiger partial charge >= 0.3 is 0 Å². The van der Waals surface area contributed by atoms with E-state index in [0.717, 1.165) is 28.2 Å². The molecular weight excluding hydrogens is 256 g/mol. The molecule has 0 bridgehead atoms. The highest BCUT2D eigenvalue weighted by Gasteiger charge is 2.15. The molecule has 0 aliphatic heterocycles. The van der Waals surface area contributed by atoms with E-state index >= 15 is 0 Å². The normalized spacial score (nSPS) is 10.4. The van der Waals surface area contributed by atoms with Gasteiger partial charge in [0.15, 0.2) is 0 Å². The van der Waals surface area contributed by atoms with E-state index in [1.165, 1.54) is 6.92 Å². The third kappa shape index (κ3) is 2.49. The first-order chi connectivity index (χ1) is 9.43. The van der Waals surface area contributed by atoms with Gasteiger partial charge in [0.1, 0.15) is 0 Å². The van der Waals surface area contributed by atoms with Gasteiger partial charge in [-0.1, -0.05) is 0 Å². The van der Waals surface area contributed by atoms with Gasteiger partial charge in [-0.25, -0.2) is 4.68 Å². The average molecular weight is 274 g/mol. The quantitative estimate of drug-likeness (QED) is 0.930. The first-order valence-electron chi connectivity index (χ1n) is 6.26. The highest BCUT2D eigenvalue weighted by Crippen LogP contribution is 2.31. The molecule has 0 atom stereocenters. The number of rotatable bonds is 3. The van der Waals surface area contributed by atoms with Crippen LogP contribution >= 0.6 is 0 Å². The van der Waals surface area contributed by atoms with Gasteiger partial charge in [-0.3, -0.25) is 9.78 Å². The summed E-state index contributed by atoms with van der Waals surface area (Å²) < 4.78 is 6.99. The van der Waals surface area contributed by atoms with E-state index in [0.29, 0.717) is 5.88 Å². The number of carbonyl (C=O) groups excluding carboxylic acids is 1. The molecule has 2 aromatic rings. The number of methoxy groups -OCH3 is 1. The molecule has 1 N–H and O–H groups in total. The summed E-state index contributed by atoms with van der Waals surface area (Å²) in [5.74, 6) is 0.549.